The van der Waals surface area contributed by atoms with Gasteiger partial charge >= 0.3 is 0 Å². The summed E-state index contributed by atoms with van der Waals surface area (Å²) in [4.78, 5) is 33.7. The number of rotatable bonds is 2. The molecule has 0 unspecified atom stereocenters. The molecule has 94 valence electrons. The predicted octanol–water partition coefficient (Wildman–Crippen LogP) is 1.13. The first-order valence-electron chi connectivity index (χ1n) is 5.35. The van der Waals surface area contributed by atoms with E-state index in [0.717, 1.165) is 5.56 Å². The fraction of sp³-hybridized carbons (Fsp3) is 0.154. The molecule has 0 aliphatic heterocycles. The van der Waals surface area contributed by atoms with Gasteiger partial charge in [-0.05, 0) is 11.6 Å². The van der Waals surface area contributed by atoms with Gasteiger partial charge in [-0.25, -0.2) is 0 Å². The summed E-state index contributed by atoms with van der Waals surface area (Å²) in [5, 5.41) is 0.668. The van der Waals surface area contributed by atoms with Gasteiger partial charge in [0.15, 0.2) is 0 Å². The molecule has 0 aliphatic rings. The van der Waals surface area contributed by atoms with Gasteiger partial charge < -0.3 is 0 Å². The average molecular weight is 246 g/mol. The summed E-state index contributed by atoms with van der Waals surface area (Å²) < 4.78 is 0. The van der Waals surface area contributed by atoms with Crippen LogP contribution in [0, 0.1) is 0 Å². The van der Waals surface area contributed by atoms with Crippen molar-refractivity contribution in [3.8, 4) is 0 Å². The molecule has 3 amide bonds. The highest BCUT2D eigenvalue weighted by Crippen LogP contribution is 2.01. The summed E-state index contributed by atoms with van der Waals surface area (Å²) in [6, 6.07) is 9.17. The van der Waals surface area contributed by atoms with Crippen molar-refractivity contribution < 1.29 is 14.4 Å². The van der Waals surface area contributed by atoms with Crippen LogP contribution >= 0.6 is 0 Å². The second kappa shape index (κ2) is 6.34. The molecule has 18 heavy (non-hydrogen) atoms. The third-order valence-electron chi connectivity index (χ3n) is 2.02. The van der Waals surface area contributed by atoms with E-state index in [2.05, 4.69) is 5.43 Å². The summed E-state index contributed by atoms with van der Waals surface area (Å²) >= 11 is 0. The largest absolute Gasteiger partial charge is 0.274 e. The van der Waals surface area contributed by atoms with Crippen LogP contribution in [-0.4, -0.2) is 22.7 Å². The smallest absolute Gasteiger partial charge is 0.272 e. The van der Waals surface area contributed by atoms with Gasteiger partial charge in [0.05, 0.1) is 0 Å². The monoisotopic (exact) mass is 246 g/mol. The van der Waals surface area contributed by atoms with Crippen molar-refractivity contribution in [1.82, 2.24) is 10.4 Å². The molecule has 0 aliphatic carbocycles. The quantitative estimate of drug-likeness (QED) is 0.628. The van der Waals surface area contributed by atoms with Crippen LogP contribution < -0.4 is 5.43 Å². The van der Waals surface area contributed by atoms with E-state index in [4.69, 9.17) is 0 Å². The minimum Gasteiger partial charge on any atom is -0.274 e. The van der Waals surface area contributed by atoms with Gasteiger partial charge in [-0.2, -0.15) is 5.01 Å². The fourth-order valence-corrected chi connectivity index (χ4v) is 1.25. The van der Waals surface area contributed by atoms with Crippen LogP contribution in [0.25, 0.3) is 6.08 Å². The van der Waals surface area contributed by atoms with E-state index < -0.39 is 17.7 Å². The van der Waals surface area contributed by atoms with E-state index in [0.29, 0.717) is 5.01 Å². The molecule has 0 saturated heterocycles. The number of imide groups is 1. The zero-order valence-electron chi connectivity index (χ0n) is 10.2. The van der Waals surface area contributed by atoms with Crippen LogP contribution in [0.2, 0.25) is 0 Å². The summed E-state index contributed by atoms with van der Waals surface area (Å²) in [6.07, 6.45) is 2.80. The lowest BCUT2D eigenvalue weighted by Gasteiger charge is -2.16. The van der Waals surface area contributed by atoms with Gasteiger partial charge in [0, 0.05) is 19.9 Å². The molecule has 1 aromatic carbocycles. The third-order valence-corrected chi connectivity index (χ3v) is 2.02. The number of carbonyl (C=O) groups excluding carboxylic acids is 3. The molecule has 0 saturated carbocycles. The van der Waals surface area contributed by atoms with Crippen molar-refractivity contribution in [3.63, 3.8) is 0 Å². The maximum absolute atomic E-state index is 11.7. The molecule has 5 heteroatoms. The van der Waals surface area contributed by atoms with E-state index in [9.17, 15) is 14.4 Å². The van der Waals surface area contributed by atoms with Gasteiger partial charge in [-0.15, -0.1) is 0 Å². The standard InChI is InChI=1S/C13H14N2O3/c1-10(16)14-15(11(2)17)13(18)9-8-12-6-4-3-5-7-12/h3-9H,1-2H3,(H,14,16)/b9-8+. The minimum absolute atomic E-state index is 0.480. The van der Waals surface area contributed by atoms with Crippen molar-refractivity contribution in [3.05, 3.63) is 42.0 Å². The molecule has 0 bridgehead atoms. The molecule has 0 aromatic heterocycles. The van der Waals surface area contributed by atoms with Crippen molar-refractivity contribution >= 4 is 23.8 Å². The molecular formula is C13H14N2O3. The number of benzene rings is 1. The lowest BCUT2D eigenvalue weighted by atomic mass is 10.2. The molecule has 0 atom stereocenters. The van der Waals surface area contributed by atoms with Gasteiger partial charge in [0.1, 0.15) is 0 Å². The van der Waals surface area contributed by atoms with Gasteiger partial charge in [0.2, 0.25) is 11.8 Å². The highest BCUT2D eigenvalue weighted by Gasteiger charge is 2.16. The normalized spacial score (nSPS) is 10.1. The van der Waals surface area contributed by atoms with Crippen molar-refractivity contribution in [2.24, 2.45) is 0 Å². The third kappa shape index (κ3) is 4.21. The Kier molecular flexibility index (Phi) is 4.80. The Bertz CT molecular complexity index is 480. The maximum atomic E-state index is 11.7. The zero-order valence-corrected chi connectivity index (χ0v) is 10.2. The summed E-state index contributed by atoms with van der Waals surface area (Å²) in [7, 11) is 0. The Labute approximate surface area is 105 Å². The maximum Gasteiger partial charge on any atom is 0.272 e. The van der Waals surface area contributed by atoms with E-state index in [1.54, 1.807) is 6.08 Å². The second-order valence-corrected chi connectivity index (χ2v) is 3.60. The Morgan fingerprint density at radius 2 is 1.72 bits per heavy atom. The van der Waals surface area contributed by atoms with Crippen molar-refractivity contribution in [2.45, 2.75) is 13.8 Å². The number of hydrazine groups is 1. The summed E-state index contributed by atoms with van der Waals surface area (Å²) in [6.45, 7) is 2.42. The van der Waals surface area contributed by atoms with Gasteiger partial charge in [0.25, 0.3) is 5.91 Å². The van der Waals surface area contributed by atoms with E-state index in [-0.39, 0.29) is 0 Å². The first-order valence-corrected chi connectivity index (χ1v) is 5.35. The van der Waals surface area contributed by atoms with Gasteiger partial charge in [-0.3, -0.25) is 19.8 Å². The summed E-state index contributed by atoms with van der Waals surface area (Å²) in [5.74, 6) is -1.62. The van der Waals surface area contributed by atoms with Crippen LogP contribution in [0.3, 0.4) is 0 Å². The van der Waals surface area contributed by atoms with Crippen LogP contribution in [0.15, 0.2) is 36.4 Å². The number of hydrogen-bond donors (Lipinski definition) is 1. The fourth-order valence-electron chi connectivity index (χ4n) is 1.25. The first-order chi connectivity index (χ1) is 8.50. The van der Waals surface area contributed by atoms with Crippen molar-refractivity contribution in [1.29, 1.82) is 0 Å². The lowest BCUT2D eigenvalue weighted by Crippen LogP contribution is -2.47. The Balaban J connectivity index is 2.76. The average Bonchev–Trinajstić information content (AvgIpc) is 2.34. The Hall–Kier alpha value is -2.43. The number of hydrogen-bond acceptors (Lipinski definition) is 3. The lowest BCUT2D eigenvalue weighted by molar-refractivity contribution is -0.149. The van der Waals surface area contributed by atoms with E-state index >= 15 is 0 Å². The molecule has 0 spiro atoms. The van der Waals surface area contributed by atoms with Gasteiger partial charge in [-0.1, -0.05) is 30.3 Å². The molecule has 0 radical (unpaired) electrons. The first kappa shape index (κ1) is 13.6. The topological polar surface area (TPSA) is 66.5 Å². The molecule has 0 fully saturated rings. The van der Waals surface area contributed by atoms with Crippen LogP contribution in [0.5, 0.6) is 0 Å². The minimum atomic E-state index is -0.596. The number of amides is 3. The predicted molar refractivity (Wildman–Crippen MR) is 66.8 cm³/mol. The number of nitrogens with one attached hydrogen (secondary N) is 1. The molecule has 1 rings (SSSR count). The number of nitrogens with zero attached hydrogens (tertiary/aromatic N) is 1. The Morgan fingerprint density at radius 3 is 2.22 bits per heavy atom. The van der Waals surface area contributed by atoms with E-state index in [1.807, 2.05) is 30.3 Å². The highest BCUT2D eigenvalue weighted by molar-refractivity contribution is 6.03. The van der Waals surface area contributed by atoms with Crippen molar-refractivity contribution in [2.75, 3.05) is 0 Å². The van der Waals surface area contributed by atoms with Crippen LogP contribution in [0.4, 0.5) is 0 Å². The van der Waals surface area contributed by atoms with Crippen LogP contribution in [-0.2, 0) is 14.4 Å². The SMILES string of the molecule is CC(=O)NN(C(C)=O)C(=O)/C=C/c1ccccc1. The van der Waals surface area contributed by atoms with E-state index in [1.165, 1.54) is 19.9 Å². The molecular weight excluding hydrogens is 232 g/mol. The molecule has 5 nitrogen and oxygen atoms in total. The number of carbonyl (C=O) groups is 3. The second-order valence-electron chi connectivity index (χ2n) is 3.60. The van der Waals surface area contributed by atoms with Crippen LogP contribution in [0.1, 0.15) is 19.4 Å². The zero-order chi connectivity index (χ0) is 13.5. The summed E-state index contributed by atoms with van der Waals surface area (Å²) in [5.41, 5.74) is 2.99. The highest BCUT2D eigenvalue weighted by atomic mass is 16.2. The molecule has 1 N–H and O–H groups in total. The Morgan fingerprint density at radius 1 is 1.11 bits per heavy atom. The molecule has 0 heterocycles. The molecule has 1 aromatic rings.